The molecule has 2 aromatic rings. The molecule has 0 N–H and O–H groups in total. The second-order valence-electron chi connectivity index (χ2n) is 2.77. The van der Waals surface area contributed by atoms with Crippen LogP contribution >= 0.6 is 34.8 Å². The molecular formula is C9H5Cl3N2. The standard InChI is InChI=1S/C9H5Cl3N2/c10-9(11,12)7-5-13-14-8-4-2-1-3-6(7)8/h1-5H. The molecule has 1 aromatic carbocycles. The smallest absolute Gasteiger partial charge is 0.158 e. The van der Waals surface area contributed by atoms with Gasteiger partial charge in [0.2, 0.25) is 3.79 Å². The molecule has 0 spiro atoms. The van der Waals surface area contributed by atoms with Gasteiger partial charge in [-0.3, -0.25) is 0 Å². The molecule has 0 fully saturated rings. The van der Waals surface area contributed by atoms with E-state index in [2.05, 4.69) is 10.2 Å². The van der Waals surface area contributed by atoms with Gasteiger partial charge in [0.1, 0.15) is 0 Å². The van der Waals surface area contributed by atoms with Gasteiger partial charge in [-0.15, -0.1) is 0 Å². The van der Waals surface area contributed by atoms with Crippen molar-refractivity contribution >= 4 is 45.7 Å². The van der Waals surface area contributed by atoms with E-state index in [1.54, 1.807) is 0 Å². The van der Waals surface area contributed by atoms with E-state index in [4.69, 9.17) is 34.8 Å². The lowest BCUT2D eigenvalue weighted by molar-refractivity contribution is 1.04. The quantitative estimate of drug-likeness (QED) is 0.666. The van der Waals surface area contributed by atoms with E-state index < -0.39 is 3.79 Å². The van der Waals surface area contributed by atoms with E-state index in [0.717, 1.165) is 10.9 Å². The van der Waals surface area contributed by atoms with Crippen molar-refractivity contribution in [3.63, 3.8) is 0 Å². The molecule has 2 rings (SSSR count). The van der Waals surface area contributed by atoms with Gasteiger partial charge >= 0.3 is 0 Å². The number of hydrogen-bond acceptors (Lipinski definition) is 2. The van der Waals surface area contributed by atoms with Crippen LogP contribution in [-0.4, -0.2) is 10.2 Å². The number of fused-ring (bicyclic) bond motifs is 1. The Bertz CT molecular complexity index is 460. The van der Waals surface area contributed by atoms with Crippen LogP contribution in [0.2, 0.25) is 0 Å². The highest BCUT2D eigenvalue weighted by Crippen LogP contribution is 2.40. The summed E-state index contributed by atoms with van der Waals surface area (Å²) in [6.07, 6.45) is 1.47. The number of halogens is 3. The first-order chi connectivity index (χ1) is 6.59. The molecule has 1 heterocycles. The largest absolute Gasteiger partial charge is 0.218 e. The first kappa shape index (κ1) is 9.97. The van der Waals surface area contributed by atoms with Crippen LogP contribution in [0.25, 0.3) is 10.9 Å². The van der Waals surface area contributed by atoms with Gasteiger partial charge in [0.05, 0.1) is 11.7 Å². The van der Waals surface area contributed by atoms with Crippen LogP contribution < -0.4 is 0 Å². The van der Waals surface area contributed by atoms with Gasteiger partial charge in [-0.2, -0.15) is 10.2 Å². The molecule has 0 aliphatic carbocycles. The fourth-order valence-electron chi connectivity index (χ4n) is 1.23. The van der Waals surface area contributed by atoms with Crippen LogP contribution in [0.1, 0.15) is 5.56 Å². The molecule has 0 aliphatic heterocycles. The van der Waals surface area contributed by atoms with Crippen molar-refractivity contribution < 1.29 is 0 Å². The van der Waals surface area contributed by atoms with Gasteiger partial charge in [-0.25, -0.2) is 0 Å². The highest BCUT2D eigenvalue weighted by Gasteiger charge is 2.25. The van der Waals surface area contributed by atoms with Crippen LogP contribution in [-0.2, 0) is 3.79 Å². The lowest BCUT2D eigenvalue weighted by Crippen LogP contribution is -2.02. The number of rotatable bonds is 0. The highest BCUT2D eigenvalue weighted by atomic mass is 35.6. The van der Waals surface area contributed by atoms with Crippen LogP contribution in [0.15, 0.2) is 30.5 Å². The summed E-state index contributed by atoms with van der Waals surface area (Å²) in [7, 11) is 0. The minimum Gasteiger partial charge on any atom is -0.158 e. The zero-order valence-corrected chi connectivity index (χ0v) is 9.18. The van der Waals surface area contributed by atoms with Crippen molar-refractivity contribution in [2.24, 2.45) is 0 Å². The molecule has 1 aromatic heterocycles. The van der Waals surface area contributed by atoms with Gasteiger partial charge in [-0.05, 0) is 6.07 Å². The molecule has 14 heavy (non-hydrogen) atoms. The maximum Gasteiger partial charge on any atom is 0.218 e. The molecular weight excluding hydrogens is 242 g/mol. The Balaban J connectivity index is 2.78. The van der Waals surface area contributed by atoms with E-state index >= 15 is 0 Å². The summed E-state index contributed by atoms with van der Waals surface area (Å²) in [4.78, 5) is 0. The average Bonchev–Trinajstić information content (AvgIpc) is 2.15. The maximum atomic E-state index is 5.80. The molecule has 0 atom stereocenters. The topological polar surface area (TPSA) is 25.8 Å². The van der Waals surface area contributed by atoms with Crippen molar-refractivity contribution in [2.45, 2.75) is 3.79 Å². The van der Waals surface area contributed by atoms with E-state index in [-0.39, 0.29) is 0 Å². The highest BCUT2D eigenvalue weighted by molar-refractivity contribution is 6.67. The second kappa shape index (κ2) is 3.54. The lowest BCUT2D eigenvalue weighted by atomic mass is 10.1. The molecule has 0 amide bonds. The molecule has 72 valence electrons. The molecule has 0 aliphatic rings. The third-order valence-electron chi connectivity index (χ3n) is 1.85. The van der Waals surface area contributed by atoms with E-state index in [1.807, 2.05) is 24.3 Å². The minimum absolute atomic E-state index is 0.549. The Labute approximate surface area is 95.8 Å². The van der Waals surface area contributed by atoms with Gasteiger partial charge in [0.15, 0.2) is 0 Å². The van der Waals surface area contributed by atoms with Crippen molar-refractivity contribution in [1.82, 2.24) is 10.2 Å². The Morgan fingerprint density at radius 3 is 2.50 bits per heavy atom. The summed E-state index contributed by atoms with van der Waals surface area (Å²) in [6, 6.07) is 7.40. The van der Waals surface area contributed by atoms with Crippen LogP contribution in [0.3, 0.4) is 0 Å². The molecule has 0 unspecified atom stereocenters. The molecule has 0 radical (unpaired) electrons. The van der Waals surface area contributed by atoms with Crippen molar-refractivity contribution in [3.05, 3.63) is 36.0 Å². The first-order valence-corrected chi connectivity index (χ1v) is 5.00. The average molecular weight is 248 g/mol. The molecule has 0 saturated heterocycles. The first-order valence-electron chi connectivity index (χ1n) is 3.86. The summed E-state index contributed by atoms with van der Waals surface area (Å²) in [6.45, 7) is 0. The summed E-state index contributed by atoms with van der Waals surface area (Å²) < 4.78 is -1.46. The van der Waals surface area contributed by atoms with E-state index in [9.17, 15) is 0 Å². The van der Waals surface area contributed by atoms with Crippen LogP contribution in [0.5, 0.6) is 0 Å². The third-order valence-corrected chi connectivity index (χ3v) is 2.46. The van der Waals surface area contributed by atoms with Gasteiger partial charge in [0, 0.05) is 10.9 Å². The van der Waals surface area contributed by atoms with Crippen LogP contribution in [0.4, 0.5) is 0 Å². The number of nitrogens with zero attached hydrogens (tertiary/aromatic N) is 2. The van der Waals surface area contributed by atoms with Crippen molar-refractivity contribution in [2.75, 3.05) is 0 Å². The molecule has 2 nitrogen and oxygen atoms in total. The third kappa shape index (κ3) is 1.78. The molecule has 5 heteroatoms. The van der Waals surface area contributed by atoms with Gasteiger partial charge in [0.25, 0.3) is 0 Å². The SMILES string of the molecule is ClC(Cl)(Cl)c1cnnc2ccccc12. The summed E-state index contributed by atoms with van der Waals surface area (Å²) in [5.74, 6) is 0. The Morgan fingerprint density at radius 1 is 1.07 bits per heavy atom. The predicted octanol–water partition coefficient (Wildman–Crippen LogP) is 3.46. The number of benzene rings is 1. The fraction of sp³-hybridized carbons (Fsp3) is 0.111. The monoisotopic (exact) mass is 246 g/mol. The van der Waals surface area contributed by atoms with Gasteiger partial charge in [-0.1, -0.05) is 53.0 Å². The van der Waals surface area contributed by atoms with E-state index in [0.29, 0.717) is 5.56 Å². The van der Waals surface area contributed by atoms with E-state index in [1.165, 1.54) is 6.20 Å². The maximum absolute atomic E-state index is 5.80. The van der Waals surface area contributed by atoms with Gasteiger partial charge < -0.3 is 0 Å². The van der Waals surface area contributed by atoms with Crippen LogP contribution in [0, 0.1) is 0 Å². The van der Waals surface area contributed by atoms with Crippen molar-refractivity contribution in [1.29, 1.82) is 0 Å². The number of hydrogen-bond donors (Lipinski definition) is 0. The lowest BCUT2D eigenvalue weighted by Gasteiger charge is -2.12. The minimum atomic E-state index is -1.46. The Kier molecular flexibility index (Phi) is 2.52. The Morgan fingerprint density at radius 2 is 1.79 bits per heavy atom. The predicted molar refractivity (Wildman–Crippen MR) is 58.8 cm³/mol. The summed E-state index contributed by atoms with van der Waals surface area (Å²) >= 11 is 17.4. The zero-order chi connectivity index (χ0) is 10.2. The number of aromatic nitrogens is 2. The number of alkyl halides is 3. The van der Waals surface area contributed by atoms with Crippen molar-refractivity contribution in [3.8, 4) is 0 Å². The normalized spacial score (nSPS) is 11.9. The fourth-order valence-corrected chi connectivity index (χ4v) is 1.68. The molecule has 0 bridgehead atoms. The summed E-state index contributed by atoms with van der Waals surface area (Å²) in [5, 5.41) is 8.51. The molecule has 0 saturated carbocycles. The zero-order valence-electron chi connectivity index (χ0n) is 6.92. The summed E-state index contributed by atoms with van der Waals surface area (Å²) in [5.41, 5.74) is 1.27. The Hall–Kier alpha value is -0.570. The second-order valence-corrected chi connectivity index (χ2v) is 5.05.